The third kappa shape index (κ3) is 10.3. The number of alkyl carbamates (subject to hydrolysis) is 1. The van der Waals surface area contributed by atoms with Gasteiger partial charge in [-0.1, -0.05) is 54.6 Å². The van der Waals surface area contributed by atoms with Gasteiger partial charge in [0.2, 0.25) is 11.8 Å². The Morgan fingerprint density at radius 1 is 0.891 bits per heavy atom. The van der Waals surface area contributed by atoms with E-state index in [1.165, 1.54) is 0 Å². The van der Waals surface area contributed by atoms with E-state index in [2.05, 4.69) is 16.0 Å². The van der Waals surface area contributed by atoms with Crippen molar-refractivity contribution in [3.8, 4) is 22.4 Å². The van der Waals surface area contributed by atoms with Gasteiger partial charge in [0.05, 0.1) is 23.1 Å². The van der Waals surface area contributed by atoms with Crippen LogP contribution in [-0.4, -0.2) is 40.4 Å². The standard InChI is InChI=1S/C37H47ClN4O4/c1-36(2,3)46-35(45)42-37(4,5)28-17-15-27(16-18-28)34-31(26-10-7-6-8-11-26)23-30(24-39-34)41-33(44)22-25-13-19-29(20-14-25)40-32(43)12-9-21-38/h6-8,10-11,15-18,23-25,29H,9,12-14,19-22H2,1-5H3,(H,40,43)(H,41,44)(H,42,45). The maximum Gasteiger partial charge on any atom is 0.408 e. The lowest BCUT2D eigenvalue weighted by Gasteiger charge is -2.29. The van der Waals surface area contributed by atoms with E-state index in [4.69, 9.17) is 21.3 Å². The Morgan fingerprint density at radius 3 is 2.20 bits per heavy atom. The predicted molar refractivity (Wildman–Crippen MR) is 185 cm³/mol. The minimum absolute atomic E-state index is 0.0350. The van der Waals surface area contributed by atoms with Gasteiger partial charge in [-0.25, -0.2) is 4.79 Å². The molecule has 0 aliphatic heterocycles. The number of benzene rings is 2. The first-order valence-corrected chi connectivity index (χ1v) is 16.7. The molecule has 0 saturated heterocycles. The fraction of sp³-hybridized carbons (Fsp3) is 0.459. The van der Waals surface area contributed by atoms with Crippen LogP contribution in [0.1, 0.15) is 85.1 Å². The van der Waals surface area contributed by atoms with Gasteiger partial charge in [0, 0.05) is 35.9 Å². The molecule has 0 radical (unpaired) electrons. The minimum atomic E-state index is -0.651. The first kappa shape index (κ1) is 35.0. The summed E-state index contributed by atoms with van der Waals surface area (Å²) in [5.74, 6) is 0.793. The second kappa shape index (κ2) is 15.6. The van der Waals surface area contributed by atoms with E-state index < -0.39 is 17.2 Å². The molecule has 46 heavy (non-hydrogen) atoms. The largest absolute Gasteiger partial charge is 0.444 e. The predicted octanol–water partition coefficient (Wildman–Crippen LogP) is 8.20. The van der Waals surface area contributed by atoms with Gasteiger partial charge < -0.3 is 20.7 Å². The number of aromatic nitrogens is 1. The van der Waals surface area contributed by atoms with Crippen molar-refractivity contribution in [3.63, 3.8) is 0 Å². The molecule has 4 rings (SSSR count). The lowest BCUT2D eigenvalue weighted by atomic mass is 9.84. The van der Waals surface area contributed by atoms with Crippen LogP contribution in [-0.2, 0) is 19.9 Å². The summed E-state index contributed by atoms with van der Waals surface area (Å²) >= 11 is 5.70. The zero-order valence-corrected chi connectivity index (χ0v) is 28.4. The van der Waals surface area contributed by atoms with E-state index >= 15 is 0 Å². The highest BCUT2D eigenvalue weighted by Gasteiger charge is 2.27. The second-order valence-electron chi connectivity index (χ2n) is 13.6. The monoisotopic (exact) mass is 646 g/mol. The van der Waals surface area contributed by atoms with E-state index in [0.717, 1.165) is 53.6 Å². The molecule has 1 heterocycles. The molecular formula is C37H47ClN4O4. The highest BCUT2D eigenvalue weighted by Crippen LogP contribution is 2.34. The summed E-state index contributed by atoms with van der Waals surface area (Å²) in [6, 6.07) is 20.1. The van der Waals surface area contributed by atoms with Crippen LogP contribution in [0.5, 0.6) is 0 Å². The van der Waals surface area contributed by atoms with Crippen molar-refractivity contribution in [2.45, 2.75) is 96.7 Å². The van der Waals surface area contributed by atoms with Gasteiger partial charge in [-0.15, -0.1) is 11.6 Å². The molecule has 0 atom stereocenters. The van der Waals surface area contributed by atoms with Crippen molar-refractivity contribution in [2.75, 3.05) is 11.2 Å². The highest BCUT2D eigenvalue weighted by molar-refractivity contribution is 6.17. The lowest BCUT2D eigenvalue weighted by Crippen LogP contribution is -2.43. The Kier molecular flexibility index (Phi) is 11.8. The molecule has 3 N–H and O–H groups in total. The number of nitrogens with zero attached hydrogens (tertiary/aromatic N) is 1. The Balaban J connectivity index is 1.43. The quantitative estimate of drug-likeness (QED) is 0.182. The topological polar surface area (TPSA) is 109 Å². The van der Waals surface area contributed by atoms with E-state index in [1.807, 2.05) is 95.3 Å². The average molecular weight is 647 g/mol. The molecule has 1 aliphatic carbocycles. The fourth-order valence-electron chi connectivity index (χ4n) is 5.79. The number of hydrogen-bond acceptors (Lipinski definition) is 5. The average Bonchev–Trinajstić information content (AvgIpc) is 3.00. The molecule has 0 unspecified atom stereocenters. The minimum Gasteiger partial charge on any atom is -0.444 e. The number of ether oxygens (including phenoxy) is 1. The van der Waals surface area contributed by atoms with E-state index in [9.17, 15) is 14.4 Å². The van der Waals surface area contributed by atoms with Crippen LogP contribution in [0.3, 0.4) is 0 Å². The zero-order valence-electron chi connectivity index (χ0n) is 27.6. The van der Waals surface area contributed by atoms with Gasteiger partial charge in [-0.05, 0) is 89.8 Å². The van der Waals surface area contributed by atoms with Crippen molar-refractivity contribution >= 4 is 35.2 Å². The fourth-order valence-corrected chi connectivity index (χ4v) is 5.92. The van der Waals surface area contributed by atoms with Crippen molar-refractivity contribution in [1.29, 1.82) is 0 Å². The molecule has 0 bridgehead atoms. The van der Waals surface area contributed by atoms with Crippen molar-refractivity contribution in [1.82, 2.24) is 15.6 Å². The van der Waals surface area contributed by atoms with Crippen molar-refractivity contribution in [3.05, 3.63) is 72.4 Å². The molecule has 2 aromatic carbocycles. The number of halogens is 1. The first-order chi connectivity index (χ1) is 21.8. The van der Waals surface area contributed by atoms with Gasteiger partial charge in [-0.3, -0.25) is 14.6 Å². The van der Waals surface area contributed by atoms with Crippen LogP contribution < -0.4 is 16.0 Å². The number of nitrogens with one attached hydrogen (secondary N) is 3. The van der Waals surface area contributed by atoms with Gasteiger partial charge >= 0.3 is 6.09 Å². The van der Waals surface area contributed by atoms with Gasteiger partial charge in [0.15, 0.2) is 0 Å². The molecule has 1 saturated carbocycles. The number of anilines is 1. The smallest absolute Gasteiger partial charge is 0.408 e. The number of carbonyl (C=O) groups is 3. The van der Waals surface area contributed by atoms with Crippen LogP contribution in [0, 0.1) is 5.92 Å². The molecule has 3 aromatic rings. The normalized spacial score (nSPS) is 16.7. The Bertz CT molecular complexity index is 1480. The SMILES string of the molecule is CC(C)(C)OC(=O)NC(C)(C)c1ccc(-c2ncc(NC(=O)CC3CCC(NC(=O)CCCCl)CC3)cc2-c2ccccc2)cc1. The summed E-state index contributed by atoms with van der Waals surface area (Å²) < 4.78 is 5.45. The summed E-state index contributed by atoms with van der Waals surface area (Å²) in [5.41, 5.74) is 3.94. The summed E-state index contributed by atoms with van der Waals surface area (Å²) in [6.07, 6.45) is 6.38. The van der Waals surface area contributed by atoms with Gasteiger partial charge in [0.25, 0.3) is 0 Å². The van der Waals surface area contributed by atoms with E-state index in [0.29, 0.717) is 30.8 Å². The number of carbonyl (C=O) groups excluding carboxylic acids is 3. The number of rotatable bonds is 11. The van der Waals surface area contributed by atoms with Crippen LogP contribution in [0.15, 0.2) is 66.9 Å². The third-order valence-corrected chi connectivity index (χ3v) is 8.44. The second-order valence-corrected chi connectivity index (χ2v) is 14.0. The van der Waals surface area contributed by atoms with Gasteiger partial charge in [-0.2, -0.15) is 0 Å². The molecular weight excluding hydrogens is 600 g/mol. The molecule has 8 nitrogen and oxygen atoms in total. The summed E-state index contributed by atoms with van der Waals surface area (Å²) in [5, 5.41) is 9.14. The van der Waals surface area contributed by atoms with Crippen LogP contribution in [0.25, 0.3) is 22.4 Å². The van der Waals surface area contributed by atoms with Crippen molar-refractivity contribution < 1.29 is 19.1 Å². The van der Waals surface area contributed by atoms with Gasteiger partial charge in [0.1, 0.15) is 5.60 Å². The van der Waals surface area contributed by atoms with E-state index in [1.54, 1.807) is 6.20 Å². The molecule has 0 spiro atoms. The van der Waals surface area contributed by atoms with Crippen LogP contribution in [0.4, 0.5) is 10.5 Å². The summed E-state index contributed by atoms with van der Waals surface area (Å²) in [7, 11) is 0. The highest BCUT2D eigenvalue weighted by atomic mass is 35.5. The molecule has 246 valence electrons. The molecule has 1 fully saturated rings. The lowest BCUT2D eigenvalue weighted by molar-refractivity contribution is -0.122. The Morgan fingerprint density at radius 2 is 1.57 bits per heavy atom. The molecule has 1 aliphatic rings. The third-order valence-electron chi connectivity index (χ3n) is 8.17. The number of hydrogen-bond donors (Lipinski definition) is 3. The van der Waals surface area contributed by atoms with E-state index in [-0.39, 0.29) is 23.8 Å². The molecule has 3 amide bonds. The molecule has 9 heteroatoms. The van der Waals surface area contributed by atoms with Crippen LogP contribution in [0.2, 0.25) is 0 Å². The summed E-state index contributed by atoms with van der Waals surface area (Å²) in [4.78, 5) is 42.4. The maximum atomic E-state index is 13.1. The Hall–Kier alpha value is -3.91. The number of pyridine rings is 1. The van der Waals surface area contributed by atoms with Crippen LogP contribution >= 0.6 is 11.6 Å². The zero-order chi connectivity index (χ0) is 33.3. The number of alkyl halides is 1. The first-order valence-electron chi connectivity index (χ1n) is 16.2. The maximum absolute atomic E-state index is 13.1. The Labute approximate surface area is 278 Å². The summed E-state index contributed by atoms with van der Waals surface area (Å²) in [6.45, 7) is 9.38. The molecule has 1 aromatic heterocycles. The number of amides is 3. The van der Waals surface area contributed by atoms with Crippen molar-refractivity contribution in [2.24, 2.45) is 5.92 Å².